The maximum absolute atomic E-state index is 11.8. The van der Waals surface area contributed by atoms with Gasteiger partial charge >= 0.3 is 0 Å². The predicted octanol–water partition coefficient (Wildman–Crippen LogP) is 2.45. The zero-order valence-electron chi connectivity index (χ0n) is 11.2. The highest BCUT2D eigenvalue weighted by Gasteiger charge is 2.09. The molecule has 0 saturated carbocycles. The SMILES string of the molecule is CN(C)C(=O)c1ccnc(Oc2cccc(C#N)c2)c1. The second-order valence-corrected chi connectivity index (χ2v) is 4.32. The van der Waals surface area contributed by atoms with Gasteiger partial charge in [0, 0.05) is 31.9 Å². The summed E-state index contributed by atoms with van der Waals surface area (Å²) < 4.78 is 5.56. The average Bonchev–Trinajstić information content (AvgIpc) is 2.47. The number of pyridine rings is 1. The van der Waals surface area contributed by atoms with Crippen LogP contribution in [0.4, 0.5) is 0 Å². The first kappa shape index (κ1) is 13.6. The number of nitrogens with zero attached hydrogens (tertiary/aromatic N) is 3. The Hall–Kier alpha value is -2.87. The van der Waals surface area contributed by atoms with Crippen molar-refractivity contribution in [2.24, 2.45) is 0 Å². The second kappa shape index (κ2) is 5.85. The molecular weight excluding hydrogens is 254 g/mol. The average molecular weight is 267 g/mol. The Labute approximate surface area is 117 Å². The molecule has 0 aliphatic heterocycles. The number of hydrogen-bond acceptors (Lipinski definition) is 4. The van der Waals surface area contributed by atoms with E-state index in [1.165, 1.54) is 11.1 Å². The number of ether oxygens (including phenoxy) is 1. The zero-order valence-corrected chi connectivity index (χ0v) is 11.2. The van der Waals surface area contributed by atoms with Crippen LogP contribution in [0.5, 0.6) is 11.6 Å². The van der Waals surface area contributed by atoms with Crippen molar-refractivity contribution in [1.29, 1.82) is 5.26 Å². The Balaban J connectivity index is 2.24. The minimum absolute atomic E-state index is 0.122. The van der Waals surface area contributed by atoms with Gasteiger partial charge in [-0.1, -0.05) is 6.07 Å². The third kappa shape index (κ3) is 3.12. The number of nitriles is 1. The molecule has 5 nitrogen and oxygen atoms in total. The summed E-state index contributed by atoms with van der Waals surface area (Å²) in [7, 11) is 3.36. The number of amides is 1. The Morgan fingerprint density at radius 3 is 2.80 bits per heavy atom. The largest absolute Gasteiger partial charge is 0.439 e. The van der Waals surface area contributed by atoms with E-state index < -0.39 is 0 Å². The highest BCUT2D eigenvalue weighted by atomic mass is 16.5. The molecule has 1 heterocycles. The van der Waals surface area contributed by atoms with Gasteiger partial charge in [-0.3, -0.25) is 4.79 Å². The van der Waals surface area contributed by atoms with E-state index in [0.29, 0.717) is 22.8 Å². The van der Waals surface area contributed by atoms with Gasteiger partial charge in [0.1, 0.15) is 5.75 Å². The maximum Gasteiger partial charge on any atom is 0.253 e. The van der Waals surface area contributed by atoms with Crippen LogP contribution in [0, 0.1) is 11.3 Å². The van der Waals surface area contributed by atoms with E-state index in [4.69, 9.17) is 10.00 Å². The fourth-order valence-corrected chi connectivity index (χ4v) is 1.61. The number of benzene rings is 1. The molecule has 0 atom stereocenters. The molecule has 2 rings (SSSR count). The highest BCUT2D eigenvalue weighted by Crippen LogP contribution is 2.21. The minimum atomic E-state index is -0.122. The van der Waals surface area contributed by atoms with Crippen molar-refractivity contribution in [3.8, 4) is 17.7 Å². The quantitative estimate of drug-likeness (QED) is 0.856. The second-order valence-electron chi connectivity index (χ2n) is 4.32. The normalized spacial score (nSPS) is 9.65. The summed E-state index contributed by atoms with van der Waals surface area (Å²) in [6.07, 6.45) is 1.51. The molecule has 0 aliphatic carbocycles. The lowest BCUT2D eigenvalue weighted by Gasteiger charge is -2.11. The van der Waals surface area contributed by atoms with E-state index in [1.807, 2.05) is 6.07 Å². The monoisotopic (exact) mass is 267 g/mol. The third-order valence-electron chi connectivity index (χ3n) is 2.57. The van der Waals surface area contributed by atoms with E-state index >= 15 is 0 Å². The van der Waals surface area contributed by atoms with Crippen LogP contribution < -0.4 is 4.74 Å². The van der Waals surface area contributed by atoms with Gasteiger partial charge in [0.15, 0.2) is 0 Å². The number of hydrogen-bond donors (Lipinski definition) is 0. The Morgan fingerprint density at radius 2 is 2.10 bits per heavy atom. The van der Waals surface area contributed by atoms with Crippen molar-refractivity contribution >= 4 is 5.91 Å². The standard InChI is InChI=1S/C15H13N3O2/c1-18(2)15(19)12-6-7-17-14(9-12)20-13-5-3-4-11(8-13)10-16/h3-9H,1-2H3. The first-order valence-corrected chi connectivity index (χ1v) is 5.96. The van der Waals surface area contributed by atoms with Crippen LogP contribution in [0.15, 0.2) is 42.6 Å². The molecule has 100 valence electrons. The molecule has 0 saturated heterocycles. The smallest absolute Gasteiger partial charge is 0.253 e. The minimum Gasteiger partial charge on any atom is -0.439 e. The fraction of sp³-hybridized carbons (Fsp3) is 0.133. The van der Waals surface area contributed by atoms with E-state index in [2.05, 4.69) is 4.98 Å². The van der Waals surface area contributed by atoms with Crippen LogP contribution in [-0.2, 0) is 0 Å². The molecule has 0 fully saturated rings. The molecule has 0 aliphatic rings. The molecular formula is C15H13N3O2. The summed E-state index contributed by atoms with van der Waals surface area (Å²) >= 11 is 0. The lowest BCUT2D eigenvalue weighted by Crippen LogP contribution is -2.21. The third-order valence-corrected chi connectivity index (χ3v) is 2.57. The summed E-state index contributed by atoms with van der Waals surface area (Å²) in [6, 6.07) is 12.0. The Morgan fingerprint density at radius 1 is 1.30 bits per heavy atom. The van der Waals surface area contributed by atoms with Gasteiger partial charge in [0.25, 0.3) is 5.91 Å². The number of aromatic nitrogens is 1. The van der Waals surface area contributed by atoms with E-state index in [0.717, 1.165) is 0 Å². The van der Waals surface area contributed by atoms with Gasteiger partial charge in [-0.15, -0.1) is 0 Å². The van der Waals surface area contributed by atoms with Crippen LogP contribution in [0.1, 0.15) is 15.9 Å². The Bertz CT molecular complexity index is 675. The number of rotatable bonds is 3. The summed E-state index contributed by atoms with van der Waals surface area (Å²) in [5.74, 6) is 0.696. The van der Waals surface area contributed by atoms with Gasteiger partial charge in [0.2, 0.25) is 5.88 Å². The van der Waals surface area contributed by atoms with Crippen LogP contribution in [-0.4, -0.2) is 29.9 Å². The lowest BCUT2D eigenvalue weighted by molar-refractivity contribution is 0.0827. The van der Waals surface area contributed by atoms with Crippen molar-refractivity contribution in [1.82, 2.24) is 9.88 Å². The van der Waals surface area contributed by atoms with Crippen molar-refractivity contribution in [2.45, 2.75) is 0 Å². The molecule has 1 aromatic carbocycles. The summed E-state index contributed by atoms with van der Waals surface area (Å²) in [6.45, 7) is 0. The molecule has 1 aromatic heterocycles. The first-order valence-electron chi connectivity index (χ1n) is 5.96. The first-order chi connectivity index (χ1) is 9.60. The summed E-state index contributed by atoms with van der Waals surface area (Å²) in [5.41, 5.74) is 1.000. The fourth-order valence-electron chi connectivity index (χ4n) is 1.61. The number of carbonyl (C=O) groups is 1. The van der Waals surface area contributed by atoms with Gasteiger partial charge in [-0.2, -0.15) is 5.26 Å². The molecule has 20 heavy (non-hydrogen) atoms. The zero-order chi connectivity index (χ0) is 14.5. The van der Waals surface area contributed by atoms with Gasteiger partial charge in [-0.25, -0.2) is 4.98 Å². The van der Waals surface area contributed by atoms with E-state index in [-0.39, 0.29) is 5.91 Å². The molecule has 5 heteroatoms. The van der Waals surface area contributed by atoms with Crippen LogP contribution in [0.3, 0.4) is 0 Å². The van der Waals surface area contributed by atoms with E-state index in [9.17, 15) is 4.79 Å². The molecule has 0 bridgehead atoms. The van der Waals surface area contributed by atoms with Crippen molar-refractivity contribution in [3.05, 3.63) is 53.7 Å². The number of carbonyl (C=O) groups excluding carboxylic acids is 1. The predicted molar refractivity (Wildman–Crippen MR) is 73.5 cm³/mol. The van der Waals surface area contributed by atoms with Crippen molar-refractivity contribution in [2.75, 3.05) is 14.1 Å². The molecule has 0 N–H and O–H groups in total. The molecule has 0 radical (unpaired) electrons. The summed E-state index contributed by atoms with van der Waals surface area (Å²) in [4.78, 5) is 17.4. The van der Waals surface area contributed by atoms with Crippen molar-refractivity contribution < 1.29 is 9.53 Å². The van der Waals surface area contributed by atoms with Crippen LogP contribution >= 0.6 is 0 Å². The summed E-state index contributed by atoms with van der Waals surface area (Å²) in [5, 5.41) is 8.83. The molecule has 0 spiro atoms. The van der Waals surface area contributed by atoms with Gasteiger partial charge in [0.05, 0.1) is 11.6 Å². The van der Waals surface area contributed by atoms with Gasteiger partial charge in [-0.05, 0) is 24.3 Å². The topological polar surface area (TPSA) is 66.2 Å². The van der Waals surface area contributed by atoms with E-state index in [1.54, 1.807) is 50.5 Å². The molecule has 0 unspecified atom stereocenters. The maximum atomic E-state index is 11.8. The molecule has 1 amide bonds. The Kier molecular flexibility index (Phi) is 3.96. The lowest BCUT2D eigenvalue weighted by atomic mass is 10.2. The molecule has 2 aromatic rings. The van der Waals surface area contributed by atoms with Crippen LogP contribution in [0.25, 0.3) is 0 Å². The highest BCUT2D eigenvalue weighted by molar-refractivity contribution is 5.94. The van der Waals surface area contributed by atoms with Gasteiger partial charge < -0.3 is 9.64 Å². The van der Waals surface area contributed by atoms with Crippen LogP contribution in [0.2, 0.25) is 0 Å². The van der Waals surface area contributed by atoms with Crippen molar-refractivity contribution in [3.63, 3.8) is 0 Å².